The number of aromatic hydroxyl groups is 1. The number of hydrogen-bond donors (Lipinski definition) is 2. The lowest BCUT2D eigenvalue weighted by Gasteiger charge is -2.16. The summed E-state index contributed by atoms with van der Waals surface area (Å²) >= 11 is 0. The van der Waals surface area contributed by atoms with E-state index in [0.29, 0.717) is 53.9 Å². The third kappa shape index (κ3) is 5.39. The van der Waals surface area contributed by atoms with Crippen LogP contribution >= 0.6 is 0 Å². The first-order valence-corrected chi connectivity index (χ1v) is 9.20. The van der Waals surface area contributed by atoms with Gasteiger partial charge in [0.15, 0.2) is 11.5 Å². The Hall–Kier alpha value is -3.22. The number of rotatable bonds is 9. The fourth-order valence-corrected chi connectivity index (χ4v) is 2.51. The van der Waals surface area contributed by atoms with Gasteiger partial charge in [-0.2, -0.15) is 5.10 Å². The Labute approximate surface area is 164 Å². The van der Waals surface area contributed by atoms with Crippen molar-refractivity contribution in [3.8, 4) is 23.0 Å². The molecule has 0 atom stereocenters. The van der Waals surface area contributed by atoms with Crippen LogP contribution in [0.1, 0.15) is 43.6 Å². The maximum Gasteiger partial charge on any atom is 0.271 e. The minimum Gasteiger partial charge on any atom is -0.508 e. The minimum absolute atomic E-state index is 0.132. The predicted octanol–water partition coefficient (Wildman–Crippen LogP) is 3.74. The largest absolute Gasteiger partial charge is 0.508 e. The number of phenols is 1. The number of ether oxygens (including phenoxy) is 3. The number of nitrogens with zero attached hydrogens (tertiary/aromatic N) is 1. The van der Waals surface area contributed by atoms with E-state index in [0.717, 1.165) is 0 Å². The van der Waals surface area contributed by atoms with Crippen LogP contribution < -0.4 is 19.6 Å². The summed E-state index contributed by atoms with van der Waals surface area (Å²) in [6, 6.07) is 9.85. The fraction of sp³-hybridized carbons (Fsp3) is 0.333. The SMILES string of the molecule is CCOc1cc(C(=O)N/N=C(\C)c2cccc(O)c2)cc(OCC)c1OCC. The second kappa shape index (κ2) is 10.2. The normalized spacial score (nSPS) is 11.1. The van der Waals surface area contributed by atoms with Crippen LogP contribution in [0.2, 0.25) is 0 Å². The summed E-state index contributed by atoms with van der Waals surface area (Å²) in [4.78, 5) is 12.6. The van der Waals surface area contributed by atoms with Gasteiger partial charge in [-0.3, -0.25) is 4.79 Å². The van der Waals surface area contributed by atoms with E-state index in [1.807, 2.05) is 20.8 Å². The van der Waals surface area contributed by atoms with Crippen LogP contribution in [0, 0.1) is 0 Å². The van der Waals surface area contributed by atoms with Gasteiger partial charge in [-0.25, -0.2) is 5.43 Å². The van der Waals surface area contributed by atoms with E-state index >= 15 is 0 Å². The van der Waals surface area contributed by atoms with Crippen molar-refractivity contribution in [1.29, 1.82) is 0 Å². The summed E-state index contributed by atoms with van der Waals surface area (Å²) < 4.78 is 16.9. The lowest BCUT2D eigenvalue weighted by atomic mass is 10.1. The first-order chi connectivity index (χ1) is 13.5. The van der Waals surface area contributed by atoms with Gasteiger partial charge in [0.1, 0.15) is 5.75 Å². The zero-order valence-corrected chi connectivity index (χ0v) is 16.6. The van der Waals surface area contributed by atoms with Crippen molar-refractivity contribution in [3.63, 3.8) is 0 Å². The van der Waals surface area contributed by atoms with Gasteiger partial charge < -0.3 is 19.3 Å². The number of benzene rings is 2. The number of phenolic OH excluding ortho intramolecular Hbond substituents is 1. The molecule has 0 aliphatic rings. The van der Waals surface area contributed by atoms with Gasteiger partial charge in [-0.05, 0) is 52.0 Å². The molecule has 0 radical (unpaired) electrons. The second-order valence-electron chi connectivity index (χ2n) is 5.79. The Morgan fingerprint density at radius 2 is 1.57 bits per heavy atom. The molecule has 0 fully saturated rings. The number of carbonyl (C=O) groups is 1. The molecule has 2 aromatic rings. The highest BCUT2D eigenvalue weighted by Gasteiger charge is 2.18. The molecule has 150 valence electrons. The highest BCUT2D eigenvalue weighted by Crippen LogP contribution is 2.39. The summed E-state index contributed by atoms with van der Waals surface area (Å²) in [5, 5.41) is 13.7. The number of hydrogen-bond acceptors (Lipinski definition) is 6. The molecule has 0 aliphatic carbocycles. The maximum atomic E-state index is 12.6. The Morgan fingerprint density at radius 1 is 0.964 bits per heavy atom. The van der Waals surface area contributed by atoms with E-state index < -0.39 is 5.91 Å². The van der Waals surface area contributed by atoms with E-state index in [-0.39, 0.29) is 5.75 Å². The van der Waals surface area contributed by atoms with Gasteiger partial charge >= 0.3 is 0 Å². The third-order valence-corrected chi connectivity index (χ3v) is 3.76. The molecule has 28 heavy (non-hydrogen) atoms. The number of amides is 1. The van der Waals surface area contributed by atoms with Gasteiger partial charge in [0, 0.05) is 11.1 Å². The molecule has 7 heteroatoms. The lowest BCUT2D eigenvalue weighted by Crippen LogP contribution is -2.20. The van der Waals surface area contributed by atoms with Gasteiger partial charge in [-0.1, -0.05) is 12.1 Å². The average Bonchev–Trinajstić information content (AvgIpc) is 2.68. The highest BCUT2D eigenvalue weighted by molar-refractivity contribution is 6.01. The van der Waals surface area contributed by atoms with Gasteiger partial charge in [0.2, 0.25) is 5.75 Å². The van der Waals surface area contributed by atoms with Crippen LogP contribution in [0.5, 0.6) is 23.0 Å². The Balaban J connectivity index is 2.29. The average molecular weight is 386 g/mol. The maximum absolute atomic E-state index is 12.6. The molecule has 0 aliphatic heterocycles. The van der Waals surface area contributed by atoms with E-state index in [4.69, 9.17) is 14.2 Å². The van der Waals surface area contributed by atoms with E-state index in [2.05, 4.69) is 10.5 Å². The minimum atomic E-state index is -0.413. The summed E-state index contributed by atoms with van der Waals surface area (Å²) in [6.07, 6.45) is 0. The Kier molecular flexibility index (Phi) is 7.68. The lowest BCUT2D eigenvalue weighted by molar-refractivity contribution is 0.0953. The van der Waals surface area contributed by atoms with Gasteiger partial charge in [0.05, 0.1) is 25.5 Å². The summed E-state index contributed by atoms with van der Waals surface area (Å²) in [5.41, 5.74) is 4.12. The van der Waals surface area contributed by atoms with E-state index in [9.17, 15) is 9.90 Å². The second-order valence-corrected chi connectivity index (χ2v) is 5.79. The fourth-order valence-electron chi connectivity index (χ4n) is 2.51. The van der Waals surface area contributed by atoms with Crippen LogP contribution in [0.4, 0.5) is 0 Å². The van der Waals surface area contributed by atoms with Crippen molar-refractivity contribution < 1.29 is 24.1 Å². The van der Waals surface area contributed by atoms with E-state index in [1.165, 1.54) is 0 Å². The van der Waals surface area contributed by atoms with Crippen LogP contribution in [0.25, 0.3) is 0 Å². The first kappa shape index (κ1) is 21.1. The van der Waals surface area contributed by atoms with Crippen LogP contribution in [0.15, 0.2) is 41.5 Å². The van der Waals surface area contributed by atoms with Gasteiger partial charge in [-0.15, -0.1) is 0 Å². The number of hydrazone groups is 1. The number of carbonyl (C=O) groups excluding carboxylic acids is 1. The molecule has 0 unspecified atom stereocenters. The molecule has 2 N–H and O–H groups in total. The highest BCUT2D eigenvalue weighted by atomic mass is 16.5. The Bertz CT molecular complexity index is 821. The zero-order chi connectivity index (χ0) is 20.5. The standard InChI is InChI=1S/C21H26N2O5/c1-5-26-18-12-16(13-19(27-6-2)20(18)28-7-3)21(25)23-22-14(4)15-9-8-10-17(24)11-15/h8-13,24H,5-7H2,1-4H3,(H,23,25)/b22-14+. The van der Waals surface area contributed by atoms with Crippen LogP contribution in [0.3, 0.4) is 0 Å². The van der Waals surface area contributed by atoms with Crippen molar-refractivity contribution in [2.75, 3.05) is 19.8 Å². The molecule has 0 spiro atoms. The summed E-state index contributed by atoms with van der Waals surface area (Å²) in [6.45, 7) is 8.60. The van der Waals surface area contributed by atoms with Gasteiger partial charge in [0.25, 0.3) is 5.91 Å². The van der Waals surface area contributed by atoms with E-state index in [1.54, 1.807) is 43.3 Å². The molecule has 2 aromatic carbocycles. The molecule has 0 aromatic heterocycles. The molecule has 2 rings (SSSR count). The Morgan fingerprint density at radius 3 is 2.11 bits per heavy atom. The molecule has 7 nitrogen and oxygen atoms in total. The molecular formula is C21H26N2O5. The number of nitrogens with one attached hydrogen (secondary N) is 1. The van der Waals surface area contributed by atoms with Crippen molar-refractivity contribution >= 4 is 11.6 Å². The smallest absolute Gasteiger partial charge is 0.271 e. The van der Waals surface area contributed by atoms with Crippen LogP contribution in [-0.2, 0) is 0 Å². The van der Waals surface area contributed by atoms with Crippen LogP contribution in [-0.4, -0.2) is 36.5 Å². The third-order valence-electron chi connectivity index (χ3n) is 3.76. The zero-order valence-electron chi connectivity index (χ0n) is 16.6. The topological polar surface area (TPSA) is 89.4 Å². The predicted molar refractivity (Wildman–Crippen MR) is 108 cm³/mol. The first-order valence-electron chi connectivity index (χ1n) is 9.20. The molecule has 0 heterocycles. The van der Waals surface area contributed by atoms with Crippen molar-refractivity contribution in [3.05, 3.63) is 47.5 Å². The summed E-state index contributed by atoms with van der Waals surface area (Å²) in [5.74, 6) is 1.07. The summed E-state index contributed by atoms with van der Waals surface area (Å²) in [7, 11) is 0. The molecule has 0 bridgehead atoms. The van der Waals surface area contributed by atoms with Crippen molar-refractivity contribution in [1.82, 2.24) is 5.43 Å². The quantitative estimate of drug-likeness (QED) is 0.506. The monoisotopic (exact) mass is 386 g/mol. The van der Waals surface area contributed by atoms with Crippen molar-refractivity contribution in [2.45, 2.75) is 27.7 Å². The molecule has 1 amide bonds. The molecule has 0 saturated heterocycles. The molecule has 0 saturated carbocycles. The molecular weight excluding hydrogens is 360 g/mol. The van der Waals surface area contributed by atoms with Crippen molar-refractivity contribution in [2.24, 2.45) is 5.10 Å².